The average Bonchev–Trinajstić information content (AvgIpc) is 2.81. The third-order valence-electron chi connectivity index (χ3n) is 3.68. The van der Waals surface area contributed by atoms with Crippen LogP contribution in [-0.4, -0.2) is 12.9 Å². The second-order valence-electron chi connectivity index (χ2n) is 4.96. The number of hydrogen-bond donors (Lipinski definition) is 0. The standard InChI is InChI=1S/C15H20O2/c1-11-9-13(17-2)7-8-14(11)15(16)10-12-5-3-4-6-12/h7-9,12H,3-6,10H2,1-2H3. The Bertz CT molecular complexity index is 403. The number of benzene rings is 1. The van der Waals surface area contributed by atoms with E-state index in [0.29, 0.717) is 12.3 Å². The zero-order valence-corrected chi connectivity index (χ0v) is 10.7. The molecule has 1 fully saturated rings. The molecule has 0 spiro atoms. The second-order valence-corrected chi connectivity index (χ2v) is 4.96. The van der Waals surface area contributed by atoms with Crippen LogP contribution in [0.5, 0.6) is 5.75 Å². The summed E-state index contributed by atoms with van der Waals surface area (Å²) in [4.78, 5) is 12.2. The van der Waals surface area contributed by atoms with Gasteiger partial charge in [-0.1, -0.05) is 25.7 Å². The predicted molar refractivity (Wildman–Crippen MR) is 68.6 cm³/mol. The van der Waals surface area contributed by atoms with Gasteiger partial charge in [0.15, 0.2) is 5.78 Å². The molecule has 0 aromatic heterocycles. The highest BCUT2D eigenvalue weighted by molar-refractivity contribution is 5.97. The van der Waals surface area contributed by atoms with Crippen LogP contribution in [0.1, 0.15) is 48.0 Å². The topological polar surface area (TPSA) is 26.3 Å². The SMILES string of the molecule is COc1ccc(C(=O)CC2CCCC2)c(C)c1. The van der Waals surface area contributed by atoms with Crippen molar-refractivity contribution in [2.24, 2.45) is 5.92 Å². The van der Waals surface area contributed by atoms with E-state index in [2.05, 4.69) is 0 Å². The fourth-order valence-electron chi connectivity index (χ4n) is 2.66. The summed E-state index contributed by atoms with van der Waals surface area (Å²) in [6.07, 6.45) is 5.74. The van der Waals surface area contributed by atoms with Gasteiger partial charge < -0.3 is 4.74 Å². The van der Waals surface area contributed by atoms with Gasteiger partial charge in [-0.3, -0.25) is 4.79 Å². The fraction of sp³-hybridized carbons (Fsp3) is 0.533. The summed E-state index contributed by atoms with van der Waals surface area (Å²) in [6, 6.07) is 5.70. The molecule has 2 heteroatoms. The summed E-state index contributed by atoms with van der Waals surface area (Å²) >= 11 is 0. The van der Waals surface area contributed by atoms with E-state index < -0.39 is 0 Å². The maximum atomic E-state index is 12.2. The second kappa shape index (κ2) is 5.35. The Kier molecular flexibility index (Phi) is 3.82. The highest BCUT2D eigenvalue weighted by atomic mass is 16.5. The van der Waals surface area contributed by atoms with Crippen molar-refractivity contribution in [1.29, 1.82) is 0 Å². The van der Waals surface area contributed by atoms with Crippen LogP contribution in [0, 0.1) is 12.8 Å². The molecule has 0 saturated heterocycles. The van der Waals surface area contributed by atoms with Gasteiger partial charge in [0.05, 0.1) is 7.11 Å². The summed E-state index contributed by atoms with van der Waals surface area (Å²) < 4.78 is 5.15. The van der Waals surface area contributed by atoms with Crippen molar-refractivity contribution in [2.45, 2.75) is 39.0 Å². The first-order valence-electron chi connectivity index (χ1n) is 6.38. The molecule has 0 aliphatic heterocycles. The maximum Gasteiger partial charge on any atom is 0.163 e. The average molecular weight is 232 g/mol. The first-order chi connectivity index (χ1) is 8.20. The van der Waals surface area contributed by atoms with E-state index in [-0.39, 0.29) is 5.78 Å². The molecule has 0 N–H and O–H groups in total. The van der Waals surface area contributed by atoms with Crippen LogP contribution in [0.3, 0.4) is 0 Å². The fourth-order valence-corrected chi connectivity index (χ4v) is 2.66. The minimum absolute atomic E-state index is 0.289. The van der Waals surface area contributed by atoms with Crippen LogP contribution in [0.4, 0.5) is 0 Å². The summed E-state index contributed by atoms with van der Waals surface area (Å²) in [5, 5.41) is 0. The first kappa shape index (κ1) is 12.2. The number of Topliss-reactive ketones (excluding diaryl/α,β-unsaturated/α-hetero) is 1. The Morgan fingerprint density at radius 2 is 2.06 bits per heavy atom. The third-order valence-corrected chi connectivity index (χ3v) is 3.68. The van der Waals surface area contributed by atoms with Gasteiger partial charge in [0.2, 0.25) is 0 Å². The van der Waals surface area contributed by atoms with Crippen molar-refractivity contribution >= 4 is 5.78 Å². The molecule has 0 bridgehead atoms. The third kappa shape index (κ3) is 2.87. The number of aryl methyl sites for hydroxylation is 1. The Labute approximate surface area is 103 Å². The molecule has 0 amide bonds. The molecule has 0 radical (unpaired) electrons. The number of ether oxygens (including phenoxy) is 1. The minimum atomic E-state index is 0.289. The van der Waals surface area contributed by atoms with Gasteiger partial charge in [-0.25, -0.2) is 0 Å². The highest BCUT2D eigenvalue weighted by Gasteiger charge is 2.20. The Morgan fingerprint density at radius 1 is 1.35 bits per heavy atom. The number of ketones is 1. The van der Waals surface area contributed by atoms with Crippen molar-refractivity contribution in [2.75, 3.05) is 7.11 Å². The smallest absolute Gasteiger partial charge is 0.163 e. The van der Waals surface area contributed by atoms with Gasteiger partial charge >= 0.3 is 0 Å². The molecule has 1 aromatic rings. The lowest BCUT2D eigenvalue weighted by atomic mass is 9.95. The summed E-state index contributed by atoms with van der Waals surface area (Å²) in [7, 11) is 1.65. The molecule has 1 aliphatic carbocycles. The van der Waals surface area contributed by atoms with E-state index in [1.54, 1.807) is 7.11 Å². The minimum Gasteiger partial charge on any atom is -0.497 e. The van der Waals surface area contributed by atoms with Gasteiger partial charge in [-0.2, -0.15) is 0 Å². The number of carbonyl (C=O) groups is 1. The molecule has 92 valence electrons. The lowest BCUT2D eigenvalue weighted by Crippen LogP contribution is -2.07. The number of hydrogen-bond acceptors (Lipinski definition) is 2. The Balaban J connectivity index is 2.07. The van der Waals surface area contributed by atoms with Crippen LogP contribution < -0.4 is 4.74 Å². The van der Waals surface area contributed by atoms with Crippen molar-refractivity contribution < 1.29 is 9.53 Å². The van der Waals surface area contributed by atoms with Crippen molar-refractivity contribution in [3.05, 3.63) is 29.3 Å². The van der Waals surface area contributed by atoms with E-state index in [9.17, 15) is 4.79 Å². The number of rotatable bonds is 4. The van der Waals surface area contributed by atoms with Crippen LogP contribution in [0.15, 0.2) is 18.2 Å². The first-order valence-corrected chi connectivity index (χ1v) is 6.38. The normalized spacial score (nSPS) is 16.1. The molecule has 0 heterocycles. The van der Waals surface area contributed by atoms with E-state index >= 15 is 0 Å². The van der Waals surface area contributed by atoms with Gasteiger partial charge in [0.25, 0.3) is 0 Å². The van der Waals surface area contributed by atoms with Gasteiger partial charge in [-0.15, -0.1) is 0 Å². The Hall–Kier alpha value is -1.31. The van der Waals surface area contributed by atoms with Gasteiger partial charge in [-0.05, 0) is 36.6 Å². The molecule has 2 nitrogen and oxygen atoms in total. The molecule has 17 heavy (non-hydrogen) atoms. The van der Waals surface area contributed by atoms with Crippen molar-refractivity contribution in [3.63, 3.8) is 0 Å². The van der Waals surface area contributed by atoms with E-state index in [0.717, 1.165) is 16.9 Å². The number of carbonyl (C=O) groups excluding carboxylic acids is 1. The van der Waals surface area contributed by atoms with Crippen molar-refractivity contribution in [1.82, 2.24) is 0 Å². The number of methoxy groups -OCH3 is 1. The lowest BCUT2D eigenvalue weighted by Gasteiger charge is -2.10. The molecular formula is C15H20O2. The lowest BCUT2D eigenvalue weighted by molar-refractivity contribution is 0.0961. The van der Waals surface area contributed by atoms with Gasteiger partial charge in [0.1, 0.15) is 5.75 Å². The molecular weight excluding hydrogens is 212 g/mol. The predicted octanol–water partition coefficient (Wildman–Crippen LogP) is 3.77. The zero-order chi connectivity index (χ0) is 12.3. The van der Waals surface area contributed by atoms with Crippen LogP contribution >= 0.6 is 0 Å². The van der Waals surface area contributed by atoms with E-state index in [1.807, 2.05) is 25.1 Å². The molecule has 1 saturated carbocycles. The highest BCUT2D eigenvalue weighted by Crippen LogP contribution is 2.29. The van der Waals surface area contributed by atoms with Gasteiger partial charge in [0, 0.05) is 12.0 Å². The monoisotopic (exact) mass is 232 g/mol. The summed E-state index contributed by atoms with van der Waals surface area (Å²) in [6.45, 7) is 1.98. The van der Waals surface area contributed by atoms with E-state index in [4.69, 9.17) is 4.74 Å². The molecule has 2 rings (SSSR count). The molecule has 0 atom stereocenters. The molecule has 1 aliphatic rings. The maximum absolute atomic E-state index is 12.2. The molecule has 0 unspecified atom stereocenters. The van der Waals surface area contributed by atoms with Crippen LogP contribution in [0.25, 0.3) is 0 Å². The quantitative estimate of drug-likeness (QED) is 0.739. The molecule has 1 aromatic carbocycles. The summed E-state index contributed by atoms with van der Waals surface area (Å²) in [5.74, 6) is 1.72. The van der Waals surface area contributed by atoms with E-state index in [1.165, 1.54) is 25.7 Å². The zero-order valence-electron chi connectivity index (χ0n) is 10.7. The Morgan fingerprint density at radius 3 is 2.65 bits per heavy atom. The van der Waals surface area contributed by atoms with Crippen molar-refractivity contribution in [3.8, 4) is 5.75 Å². The van der Waals surface area contributed by atoms with Crippen LogP contribution in [0.2, 0.25) is 0 Å². The summed E-state index contributed by atoms with van der Waals surface area (Å²) in [5.41, 5.74) is 1.88. The van der Waals surface area contributed by atoms with Crippen LogP contribution in [-0.2, 0) is 0 Å². The largest absolute Gasteiger partial charge is 0.497 e.